The molecule has 0 radical (unpaired) electrons. The number of carboxylic acids is 1. The number of aromatic nitrogens is 2. The van der Waals surface area contributed by atoms with Crippen LogP contribution in [0.2, 0.25) is 5.02 Å². The average molecular weight is 425 g/mol. The fourth-order valence-electron chi connectivity index (χ4n) is 2.77. The van der Waals surface area contributed by atoms with Crippen molar-refractivity contribution in [2.24, 2.45) is 0 Å². The van der Waals surface area contributed by atoms with Gasteiger partial charge in [0, 0.05) is 16.1 Å². The predicted molar refractivity (Wildman–Crippen MR) is 115 cm³/mol. The van der Waals surface area contributed by atoms with Crippen LogP contribution in [0.25, 0.3) is 22.5 Å². The van der Waals surface area contributed by atoms with Crippen LogP contribution in [0.5, 0.6) is 0 Å². The van der Waals surface area contributed by atoms with Gasteiger partial charge < -0.3 is 9.84 Å². The van der Waals surface area contributed by atoms with E-state index in [2.05, 4.69) is 9.97 Å². The molecule has 3 rings (SSSR count). The number of carboxylic acid groups (broad SMARTS) is 1. The minimum absolute atomic E-state index is 0.349. The lowest BCUT2D eigenvalue weighted by molar-refractivity contribution is 0.00583. The van der Waals surface area contributed by atoms with Crippen LogP contribution in [-0.4, -0.2) is 32.6 Å². The monoisotopic (exact) mass is 424 g/mol. The molecule has 1 aromatic heterocycles. The summed E-state index contributed by atoms with van der Waals surface area (Å²) in [5, 5.41) is 10.2. The van der Waals surface area contributed by atoms with Crippen molar-refractivity contribution >= 4 is 23.5 Å². The number of ether oxygens (including phenoxy) is 1. The molecule has 0 aliphatic rings. The van der Waals surface area contributed by atoms with E-state index in [1.165, 1.54) is 0 Å². The molecule has 0 unspecified atom stereocenters. The van der Waals surface area contributed by atoms with Crippen LogP contribution in [0.3, 0.4) is 0 Å². The zero-order valence-corrected chi connectivity index (χ0v) is 17.8. The normalized spacial score (nSPS) is 11.2. The van der Waals surface area contributed by atoms with Gasteiger partial charge in [0.15, 0.2) is 11.4 Å². The number of rotatable bonds is 4. The molecule has 2 aromatic carbocycles. The Morgan fingerprint density at radius 1 is 0.867 bits per heavy atom. The first-order valence-electron chi connectivity index (χ1n) is 9.27. The van der Waals surface area contributed by atoms with Gasteiger partial charge in [-0.05, 0) is 39.8 Å². The Morgan fingerprint density at radius 3 is 1.80 bits per heavy atom. The second kappa shape index (κ2) is 8.24. The highest BCUT2D eigenvalue weighted by Gasteiger charge is 2.28. The number of aryl methyl sites for hydroxylation is 1. The molecule has 0 saturated carbocycles. The first-order chi connectivity index (χ1) is 14.0. The zero-order valence-electron chi connectivity index (χ0n) is 17.1. The largest absolute Gasteiger partial charge is 0.476 e. The number of hydrogen-bond donors (Lipinski definition) is 1. The maximum Gasteiger partial charge on any atom is 0.360 e. The fourth-order valence-corrected chi connectivity index (χ4v) is 2.90. The molecule has 0 aliphatic heterocycles. The summed E-state index contributed by atoms with van der Waals surface area (Å²) in [4.78, 5) is 33.3. The summed E-state index contributed by atoms with van der Waals surface area (Å²) in [6.45, 7) is 7.03. The van der Waals surface area contributed by atoms with Gasteiger partial charge in [-0.1, -0.05) is 53.6 Å². The van der Waals surface area contributed by atoms with E-state index in [-0.39, 0.29) is 5.69 Å². The molecule has 0 saturated heterocycles. The van der Waals surface area contributed by atoms with Gasteiger partial charge in [-0.15, -0.1) is 0 Å². The maximum atomic E-state index is 12.7. The summed E-state index contributed by atoms with van der Waals surface area (Å²) >= 11 is 6.01. The number of benzene rings is 2. The van der Waals surface area contributed by atoms with Crippen LogP contribution in [0.4, 0.5) is 0 Å². The highest BCUT2D eigenvalue weighted by Crippen LogP contribution is 2.31. The Hall–Kier alpha value is -3.25. The molecule has 1 N–H and O–H groups in total. The van der Waals surface area contributed by atoms with E-state index in [4.69, 9.17) is 16.3 Å². The van der Waals surface area contributed by atoms with Crippen molar-refractivity contribution in [2.75, 3.05) is 0 Å². The summed E-state index contributed by atoms with van der Waals surface area (Å²) in [7, 11) is 0. The van der Waals surface area contributed by atoms with Crippen molar-refractivity contribution in [3.8, 4) is 22.5 Å². The Morgan fingerprint density at radius 2 is 1.33 bits per heavy atom. The van der Waals surface area contributed by atoms with Crippen LogP contribution in [0.15, 0.2) is 48.5 Å². The third kappa shape index (κ3) is 4.83. The number of carbonyl (C=O) groups is 2. The lowest BCUT2D eigenvalue weighted by Gasteiger charge is -2.20. The molecule has 0 bridgehead atoms. The molecule has 6 nitrogen and oxygen atoms in total. The Kier molecular flexibility index (Phi) is 5.89. The smallest absolute Gasteiger partial charge is 0.360 e. The van der Waals surface area contributed by atoms with Crippen LogP contribution < -0.4 is 0 Å². The van der Waals surface area contributed by atoms with Gasteiger partial charge in [0.2, 0.25) is 0 Å². The van der Waals surface area contributed by atoms with Crippen molar-refractivity contribution in [3.63, 3.8) is 0 Å². The third-order valence-electron chi connectivity index (χ3n) is 4.13. The maximum absolute atomic E-state index is 12.7. The van der Waals surface area contributed by atoms with Gasteiger partial charge in [-0.3, -0.25) is 0 Å². The lowest BCUT2D eigenvalue weighted by atomic mass is 10.0. The summed E-state index contributed by atoms with van der Waals surface area (Å²) in [5.74, 6) is -2.21. The molecule has 3 aromatic rings. The molecular formula is C23H21ClN2O4. The third-order valence-corrected chi connectivity index (χ3v) is 4.39. The van der Waals surface area contributed by atoms with E-state index in [1.54, 1.807) is 45.0 Å². The highest BCUT2D eigenvalue weighted by molar-refractivity contribution is 6.30. The molecule has 0 aliphatic carbocycles. The zero-order chi connectivity index (χ0) is 22.1. The minimum Gasteiger partial charge on any atom is -0.476 e. The SMILES string of the molecule is Cc1ccc(-c2nc(C(=O)O)c(C(=O)OC(C)(C)C)nc2-c2ccc(Cl)cc2)cc1. The summed E-state index contributed by atoms with van der Waals surface area (Å²) < 4.78 is 5.36. The van der Waals surface area contributed by atoms with E-state index in [9.17, 15) is 14.7 Å². The Labute approximate surface area is 179 Å². The Balaban J connectivity index is 2.28. The second-order valence-electron chi connectivity index (χ2n) is 7.80. The van der Waals surface area contributed by atoms with Gasteiger partial charge in [0.25, 0.3) is 0 Å². The van der Waals surface area contributed by atoms with Crippen LogP contribution >= 0.6 is 11.6 Å². The second-order valence-corrected chi connectivity index (χ2v) is 8.23. The van der Waals surface area contributed by atoms with Crippen molar-refractivity contribution in [3.05, 3.63) is 70.5 Å². The van der Waals surface area contributed by atoms with Crippen LogP contribution in [0.1, 0.15) is 47.3 Å². The van der Waals surface area contributed by atoms with Crippen LogP contribution in [-0.2, 0) is 4.74 Å². The van der Waals surface area contributed by atoms with E-state index in [0.717, 1.165) is 5.56 Å². The van der Waals surface area contributed by atoms with Crippen molar-refractivity contribution < 1.29 is 19.4 Å². The Bertz CT molecular complexity index is 1100. The number of esters is 1. The van der Waals surface area contributed by atoms with Gasteiger partial charge >= 0.3 is 11.9 Å². The predicted octanol–water partition coefficient (Wildman–Crippen LogP) is 5.43. The van der Waals surface area contributed by atoms with Crippen LogP contribution in [0, 0.1) is 6.92 Å². The number of aromatic carboxylic acids is 1. The average Bonchev–Trinajstić information content (AvgIpc) is 2.67. The number of hydrogen-bond acceptors (Lipinski definition) is 5. The molecule has 30 heavy (non-hydrogen) atoms. The molecule has 0 fully saturated rings. The number of halogens is 1. The standard InChI is InChI=1S/C23H21ClN2O4/c1-13-5-7-14(8-6-13)17-18(15-9-11-16(24)12-10-15)26-20(19(25-17)21(27)28)22(29)30-23(2,3)4/h5-12H,1-4H3,(H,27,28). The molecule has 0 atom stereocenters. The quantitative estimate of drug-likeness (QED) is 0.562. The van der Waals surface area contributed by atoms with E-state index >= 15 is 0 Å². The minimum atomic E-state index is -1.36. The molecule has 154 valence electrons. The van der Waals surface area contributed by atoms with Gasteiger partial charge in [0.1, 0.15) is 5.60 Å². The topological polar surface area (TPSA) is 89.4 Å². The van der Waals surface area contributed by atoms with Crippen molar-refractivity contribution in [2.45, 2.75) is 33.3 Å². The number of nitrogens with zero attached hydrogens (tertiary/aromatic N) is 2. The van der Waals surface area contributed by atoms with Gasteiger partial charge in [0.05, 0.1) is 11.4 Å². The number of carbonyl (C=O) groups excluding carboxylic acids is 1. The fraction of sp³-hybridized carbons (Fsp3) is 0.217. The lowest BCUT2D eigenvalue weighted by Crippen LogP contribution is -2.26. The summed E-state index contributed by atoms with van der Waals surface area (Å²) in [6.07, 6.45) is 0. The van der Waals surface area contributed by atoms with Gasteiger partial charge in [-0.25, -0.2) is 19.6 Å². The summed E-state index contributed by atoms with van der Waals surface area (Å²) in [6, 6.07) is 14.3. The summed E-state index contributed by atoms with van der Waals surface area (Å²) in [5.41, 5.74) is 1.45. The molecule has 0 amide bonds. The van der Waals surface area contributed by atoms with Crippen molar-refractivity contribution in [1.29, 1.82) is 0 Å². The van der Waals surface area contributed by atoms with E-state index < -0.39 is 23.2 Å². The van der Waals surface area contributed by atoms with E-state index in [0.29, 0.717) is 27.5 Å². The molecular weight excluding hydrogens is 404 g/mol. The molecule has 1 heterocycles. The van der Waals surface area contributed by atoms with E-state index in [1.807, 2.05) is 31.2 Å². The molecule has 0 spiro atoms. The van der Waals surface area contributed by atoms with Gasteiger partial charge in [-0.2, -0.15) is 0 Å². The first kappa shape index (κ1) is 21.5. The molecule has 7 heteroatoms. The first-order valence-corrected chi connectivity index (χ1v) is 9.64. The highest BCUT2D eigenvalue weighted by atomic mass is 35.5. The van der Waals surface area contributed by atoms with Crippen molar-refractivity contribution in [1.82, 2.24) is 9.97 Å².